The lowest BCUT2D eigenvalue weighted by atomic mass is 9.78. The van der Waals surface area contributed by atoms with E-state index in [1.807, 2.05) is 0 Å². The van der Waals surface area contributed by atoms with Crippen LogP contribution in [0.3, 0.4) is 0 Å². The van der Waals surface area contributed by atoms with E-state index in [0.29, 0.717) is 25.8 Å². The molecule has 6 heteroatoms. The maximum Gasteiger partial charge on any atom is 0.392 e. The third-order valence-electron chi connectivity index (χ3n) is 3.13. The zero-order valence-corrected chi connectivity index (χ0v) is 11.1. The second-order valence-corrected chi connectivity index (χ2v) is 5.17. The number of carbonyl (C=O) groups excluding carboxylic acids is 1. The molecule has 1 aliphatic carbocycles. The van der Waals surface area contributed by atoms with Crippen LogP contribution < -0.4 is 5.32 Å². The molecule has 0 saturated heterocycles. The van der Waals surface area contributed by atoms with Crippen LogP contribution >= 0.6 is 15.9 Å². The molecule has 0 heterocycles. The fourth-order valence-corrected chi connectivity index (χ4v) is 2.53. The standard InChI is InChI=1S/C11H17BrF3NO/c12-6-3-7-16-10(17)8-4-1-2-5-9(8)11(13,14)15/h8-9H,1-7H2,(H,16,17). The van der Waals surface area contributed by atoms with Gasteiger partial charge in [-0.2, -0.15) is 13.2 Å². The van der Waals surface area contributed by atoms with Crippen LogP contribution in [0.25, 0.3) is 0 Å². The van der Waals surface area contributed by atoms with Crippen molar-refractivity contribution >= 4 is 21.8 Å². The van der Waals surface area contributed by atoms with Crippen LogP contribution in [0.4, 0.5) is 13.2 Å². The van der Waals surface area contributed by atoms with Gasteiger partial charge in [0.25, 0.3) is 0 Å². The molecule has 0 bridgehead atoms. The van der Waals surface area contributed by atoms with Crippen molar-refractivity contribution in [1.82, 2.24) is 5.32 Å². The van der Waals surface area contributed by atoms with Crippen molar-refractivity contribution in [1.29, 1.82) is 0 Å². The normalized spacial score (nSPS) is 25.6. The van der Waals surface area contributed by atoms with Crippen molar-refractivity contribution < 1.29 is 18.0 Å². The Morgan fingerprint density at radius 2 is 1.94 bits per heavy atom. The van der Waals surface area contributed by atoms with E-state index in [1.165, 1.54) is 0 Å². The molecule has 0 aliphatic heterocycles. The van der Waals surface area contributed by atoms with Gasteiger partial charge in [0.1, 0.15) is 0 Å². The Kier molecular flexibility index (Phi) is 5.76. The van der Waals surface area contributed by atoms with Crippen LogP contribution in [-0.4, -0.2) is 24.0 Å². The first-order valence-corrected chi connectivity index (χ1v) is 6.99. The molecule has 1 fully saturated rings. The van der Waals surface area contributed by atoms with Crippen molar-refractivity contribution in [3.05, 3.63) is 0 Å². The average Bonchev–Trinajstić information content (AvgIpc) is 2.28. The molecular formula is C11H17BrF3NO. The number of hydrogen-bond acceptors (Lipinski definition) is 1. The summed E-state index contributed by atoms with van der Waals surface area (Å²) in [5.41, 5.74) is 0. The van der Waals surface area contributed by atoms with Crippen LogP contribution in [0.1, 0.15) is 32.1 Å². The first-order chi connectivity index (χ1) is 7.96. The van der Waals surface area contributed by atoms with Crippen LogP contribution in [0, 0.1) is 11.8 Å². The zero-order valence-electron chi connectivity index (χ0n) is 9.52. The van der Waals surface area contributed by atoms with Crippen molar-refractivity contribution in [2.24, 2.45) is 11.8 Å². The SMILES string of the molecule is O=C(NCCCBr)C1CCCCC1C(F)(F)F. The predicted molar refractivity (Wildman–Crippen MR) is 62.9 cm³/mol. The first kappa shape index (κ1) is 14.8. The number of alkyl halides is 4. The number of nitrogens with one attached hydrogen (secondary N) is 1. The Hall–Kier alpha value is -0.260. The highest BCUT2D eigenvalue weighted by molar-refractivity contribution is 9.09. The van der Waals surface area contributed by atoms with Crippen molar-refractivity contribution in [2.75, 3.05) is 11.9 Å². The van der Waals surface area contributed by atoms with Crippen molar-refractivity contribution in [3.63, 3.8) is 0 Å². The van der Waals surface area contributed by atoms with Gasteiger partial charge in [-0.1, -0.05) is 28.8 Å². The Labute approximate surface area is 107 Å². The van der Waals surface area contributed by atoms with Gasteiger partial charge in [-0.15, -0.1) is 0 Å². The van der Waals surface area contributed by atoms with Gasteiger partial charge >= 0.3 is 6.18 Å². The van der Waals surface area contributed by atoms with E-state index in [4.69, 9.17) is 0 Å². The minimum absolute atomic E-state index is 0.0834. The van der Waals surface area contributed by atoms with Gasteiger partial charge in [-0.05, 0) is 19.3 Å². The Bertz CT molecular complexity index is 258. The number of halogens is 4. The topological polar surface area (TPSA) is 29.1 Å². The van der Waals surface area contributed by atoms with Gasteiger partial charge in [0.15, 0.2) is 0 Å². The van der Waals surface area contributed by atoms with Crippen LogP contribution in [-0.2, 0) is 4.79 Å². The fraction of sp³-hybridized carbons (Fsp3) is 0.909. The molecular weight excluding hydrogens is 299 g/mol. The van der Waals surface area contributed by atoms with E-state index < -0.39 is 23.9 Å². The summed E-state index contributed by atoms with van der Waals surface area (Å²) in [4.78, 5) is 11.7. The third kappa shape index (κ3) is 4.48. The Morgan fingerprint density at radius 1 is 1.29 bits per heavy atom. The molecule has 1 N–H and O–H groups in total. The smallest absolute Gasteiger partial charge is 0.356 e. The highest BCUT2D eigenvalue weighted by Crippen LogP contribution is 2.41. The Balaban J connectivity index is 2.55. The second-order valence-electron chi connectivity index (χ2n) is 4.37. The molecule has 1 amide bonds. The first-order valence-electron chi connectivity index (χ1n) is 5.87. The van der Waals surface area contributed by atoms with Crippen LogP contribution in [0.15, 0.2) is 0 Å². The number of amides is 1. The van der Waals surface area contributed by atoms with Gasteiger partial charge in [-0.3, -0.25) is 4.79 Å². The minimum atomic E-state index is -4.25. The molecule has 2 atom stereocenters. The molecule has 0 aromatic rings. The van der Waals surface area contributed by atoms with E-state index >= 15 is 0 Å². The summed E-state index contributed by atoms with van der Waals surface area (Å²) in [7, 11) is 0. The van der Waals surface area contributed by atoms with Gasteiger partial charge in [0.05, 0.1) is 5.92 Å². The minimum Gasteiger partial charge on any atom is -0.356 e. The average molecular weight is 316 g/mol. The van der Waals surface area contributed by atoms with Crippen molar-refractivity contribution in [2.45, 2.75) is 38.3 Å². The molecule has 0 radical (unpaired) electrons. The van der Waals surface area contributed by atoms with E-state index in [0.717, 1.165) is 11.8 Å². The van der Waals surface area contributed by atoms with Crippen LogP contribution in [0.2, 0.25) is 0 Å². The van der Waals surface area contributed by atoms with Gasteiger partial charge in [0, 0.05) is 17.8 Å². The summed E-state index contributed by atoms with van der Waals surface area (Å²) in [5.74, 6) is -2.78. The number of hydrogen-bond donors (Lipinski definition) is 1. The maximum atomic E-state index is 12.8. The fourth-order valence-electron chi connectivity index (χ4n) is 2.25. The van der Waals surface area contributed by atoms with Gasteiger partial charge < -0.3 is 5.32 Å². The molecule has 17 heavy (non-hydrogen) atoms. The summed E-state index contributed by atoms with van der Waals surface area (Å²) in [6.07, 6.45) is -1.81. The zero-order chi connectivity index (χ0) is 12.9. The highest BCUT2D eigenvalue weighted by atomic mass is 79.9. The lowest BCUT2D eigenvalue weighted by Gasteiger charge is -2.31. The van der Waals surface area contributed by atoms with Gasteiger partial charge in [-0.25, -0.2) is 0 Å². The highest BCUT2D eigenvalue weighted by Gasteiger charge is 2.47. The molecule has 0 spiro atoms. The monoisotopic (exact) mass is 315 g/mol. The lowest BCUT2D eigenvalue weighted by Crippen LogP contribution is -2.42. The van der Waals surface area contributed by atoms with E-state index in [9.17, 15) is 18.0 Å². The molecule has 2 unspecified atom stereocenters. The molecule has 0 aromatic heterocycles. The number of rotatable bonds is 4. The number of carbonyl (C=O) groups is 1. The van der Waals surface area contributed by atoms with E-state index in [-0.39, 0.29) is 6.42 Å². The summed E-state index contributed by atoms with van der Waals surface area (Å²) in [6.45, 7) is 0.436. The van der Waals surface area contributed by atoms with Crippen molar-refractivity contribution in [3.8, 4) is 0 Å². The van der Waals surface area contributed by atoms with Gasteiger partial charge in [0.2, 0.25) is 5.91 Å². The van der Waals surface area contributed by atoms with E-state index in [2.05, 4.69) is 21.2 Å². The predicted octanol–water partition coefficient (Wildman–Crippen LogP) is 3.26. The molecule has 2 nitrogen and oxygen atoms in total. The third-order valence-corrected chi connectivity index (χ3v) is 3.69. The second kappa shape index (κ2) is 6.61. The summed E-state index contributed by atoms with van der Waals surface area (Å²) in [6, 6.07) is 0. The molecule has 1 saturated carbocycles. The quantitative estimate of drug-likeness (QED) is 0.626. The molecule has 100 valence electrons. The maximum absolute atomic E-state index is 12.8. The summed E-state index contributed by atoms with van der Waals surface area (Å²) in [5, 5.41) is 3.32. The van der Waals surface area contributed by atoms with Crippen LogP contribution in [0.5, 0.6) is 0 Å². The molecule has 1 aliphatic rings. The largest absolute Gasteiger partial charge is 0.392 e. The molecule has 0 aromatic carbocycles. The summed E-state index contributed by atoms with van der Waals surface area (Å²) >= 11 is 3.21. The Morgan fingerprint density at radius 3 is 2.53 bits per heavy atom. The van der Waals surface area contributed by atoms with E-state index in [1.54, 1.807) is 0 Å². The molecule has 1 rings (SSSR count). The summed E-state index contributed by atoms with van der Waals surface area (Å²) < 4.78 is 38.3. The lowest BCUT2D eigenvalue weighted by molar-refractivity contribution is -0.198.